The highest BCUT2D eigenvalue weighted by molar-refractivity contribution is 5.99. The van der Waals surface area contributed by atoms with E-state index < -0.39 is 17.4 Å². The third-order valence-electron chi connectivity index (χ3n) is 2.95. The summed E-state index contributed by atoms with van der Waals surface area (Å²) in [5.74, 6) is -1.26. The van der Waals surface area contributed by atoms with Crippen LogP contribution < -0.4 is 0 Å². The van der Waals surface area contributed by atoms with Gasteiger partial charge in [-0.15, -0.1) is 0 Å². The van der Waals surface area contributed by atoms with Gasteiger partial charge in [-0.05, 0) is 26.3 Å². The summed E-state index contributed by atoms with van der Waals surface area (Å²) in [6, 6.07) is 9.52. The van der Waals surface area contributed by atoms with Crippen molar-refractivity contribution in [3.8, 4) is 0 Å². The molecule has 0 aliphatic rings. The van der Waals surface area contributed by atoms with Crippen LogP contribution in [-0.2, 0) is 30.4 Å². The van der Waals surface area contributed by atoms with Crippen LogP contribution in [0, 0.1) is 5.41 Å². The number of carbonyl (C=O) groups excluding carboxylic acids is 2. The lowest BCUT2D eigenvalue weighted by Gasteiger charge is -2.24. The molecule has 0 heterocycles. The predicted octanol–water partition coefficient (Wildman–Crippen LogP) is 2.34. The number of hydrogen-bond acceptors (Lipinski definition) is 5. The van der Waals surface area contributed by atoms with Gasteiger partial charge < -0.3 is 14.2 Å². The third kappa shape index (κ3) is 4.86. The molecule has 5 heteroatoms. The monoisotopic (exact) mass is 294 g/mol. The largest absolute Gasteiger partial charge is 0.465 e. The maximum Gasteiger partial charge on any atom is 0.325 e. The highest BCUT2D eigenvalue weighted by atomic mass is 16.6. The Labute approximate surface area is 125 Å². The Bertz CT molecular complexity index is 437. The van der Waals surface area contributed by atoms with Crippen LogP contribution >= 0.6 is 0 Å². The topological polar surface area (TPSA) is 61.8 Å². The highest BCUT2D eigenvalue weighted by Gasteiger charge is 2.44. The van der Waals surface area contributed by atoms with Gasteiger partial charge in [-0.3, -0.25) is 9.59 Å². The van der Waals surface area contributed by atoms with E-state index in [4.69, 9.17) is 14.2 Å². The molecule has 5 nitrogen and oxygen atoms in total. The van der Waals surface area contributed by atoms with Crippen molar-refractivity contribution in [1.29, 1.82) is 0 Å². The van der Waals surface area contributed by atoms with E-state index in [1.807, 2.05) is 30.3 Å². The van der Waals surface area contributed by atoms with Crippen LogP contribution in [0.25, 0.3) is 0 Å². The van der Waals surface area contributed by atoms with Gasteiger partial charge in [0.1, 0.15) is 0 Å². The van der Waals surface area contributed by atoms with E-state index in [-0.39, 0.29) is 19.8 Å². The Morgan fingerprint density at radius 3 is 2.00 bits per heavy atom. The van der Waals surface area contributed by atoms with Gasteiger partial charge in [0.2, 0.25) is 0 Å². The summed E-state index contributed by atoms with van der Waals surface area (Å²) in [6.45, 7) is 5.49. The molecule has 0 unspecified atom stereocenters. The van der Waals surface area contributed by atoms with Crippen molar-refractivity contribution in [3.05, 3.63) is 35.9 Å². The number of rotatable bonds is 8. The van der Waals surface area contributed by atoms with E-state index in [1.54, 1.807) is 13.8 Å². The lowest BCUT2D eigenvalue weighted by Crippen LogP contribution is -2.43. The van der Waals surface area contributed by atoms with Crippen molar-refractivity contribution >= 4 is 11.9 Å². The molecule has 0 fully saturated rings. The summed E-state index contributed by atoms with van der Waals surface area (Å²) >= 11 is 0. The molecule has 0 radical (unpaired) electrons. The van der Waals surface area contributed by atoms with Crippen molar-refractivity contribution in [2.45, 2.75) is 27.4 Å². The molecule has 0 bridgehead atoms. The SMILES string of the molecule is CCOC(=O)C(C)(COCc1ccccc1)C(=O)OCC. The Hall–Kier alpha value is -1.88. The van der Waals surface area contributed by atoms with Gasteiger partial charge >= 0.3 is 11.9 Å². The molecule has 1 aromatic carbocycles. The Morgan fingerprint density at radius 1 is 1.00 bits per heavy atom. The van der Waals surface area contributed by atoms with Crippen LogP contribution in [-0.4, -0.2) is 31.8 Å². The standard InChI is InChI=1S/C16H22O5/c1-4-20-14(17)16(3,15(18)21-5-2)12-19-11-13-9-7-6-8-10-13/h6-10H,4-5,11-12H2,1-3H3. The number of ether oxygens (including phenoxy) is 3. The van der Waals surface area contributed by atoms with Crippen molar-refractivity contribution in [1.82, 2.24) is 0 Å². The smallest absolute Gasteiger partial charge is 0.325 e. The molecule has 0 atom stereocenters. The van der Waals surface area contributed by atoms with Crippen LogP contribution in [0.1, 0.15) is 26.3 Å². The minimum absolute atomic E-state index is 0.0838. The lowest BCUT2D eigenvalue weighted by atomic mass is 9.92. The molecule has 0 saturated heterocycles. The first-order chi connectivity index (χ1) is 10.0. The number of esters is 2. The van der Waals surface area contributed by atoms with Crippen molar-refractivity contribution in [2.75, 3.05) is 19.8 Å². The summed E-state index contributed by atoms with van der Waals surface area (Å²) < 4.78 is 15.4. The molecule has 0 amide bonds. The second-order valence-corrected chi connectivity index (χ2v) is 4.75. The summed E-state index contributed by atoms with van der Waals surface area (Å²) in [5.41, 5.74) is -0.478. The zero-order valence-electron chi connectivity index (χ0n) is 12.8. The van der Waals surface area contributed by atoms with Crippen LogP contribution in [0.3, 0.4) is 0 Å². The average Bonchev–Trinajstić information content (AvgIpc) is 2.48. The second-order valence-electron chi connectivity index (χ2n) is 4.75. The summed E-state index contributed by atoms with van der Waals surface area (Å²) in [4.78, 5) is 24.0. The molecule has 1 rings (SSSR count). The highest BCUT2D eigenvalue weighted by Crippen LogP contribution is 2.22. The van der Waals surface area contributed by atoms with Crippen molar-refractivity contribution in [3.63, 3.8) is 0 Å². The molecular formula is C16H22O5. The molecule has 116 valence electrons. The van der Waals surface area contributed by atoms with Crippen LogP contribution in [0.2, 0.25) is 0 Å². The minimum Gasteiger partial charge on any atom is -0.465 e. The normalized spacial score (nSPS) is 11.0. The molecule has 0 spiro atoms. The number of hydrogen-bond donors (Lipinski definition) is 0. The maximum absolute atomic E-state index is 12.0. The van der Waals surface area contributed by atoms with Gasteiger partial charge in [0, 0.05) is 0 Å². The second kappa shape index (κ2) is 8.42. The van der Waals surface area contributed by atoms with Gasteiger partial charge in [-0.25, -0.2) is 0 Å². The van der Waals surface area contributed by atoms with E-state index in [1.165, 1.54) is 6.92 Å². The molecular weight excluding hydrogens is 272 g/mol. The van der Waals surface area contributed by atoms with Gasteiger partial charge in [-0.2, -0.15) is 0 Å². The summed E-state index contributed by atoms with van der Waals surface area (Å²) in [5, 5.41) is 0. The zero-order valence-corrected chi connectivity index (χ0v) is 12.8. The molecule has 0 aliphatic heterocycles. The average molecular weight is 294 g/mol. The Balaban J connectivity index is 2.68. The predicted molar refractivity (Wildman–Crippen MR) is 77.5 cm³/mol. The van der Waals surface area contributed by atoms with E-state index in [9.17, 15) is 9.59 Å². The fourth-order valence-electron chi connectivity index (χ4n) is 1.73. The first-order valence-corrected chi connectivity index (χ1v) is 7.00. The zero-order chi connectivity index (χ0) is 15.7. The molecule has 0 saturated carbocycles. The minimum atomic E-state index is -1.44. The van der Waals surface area contributed by atoms with E-state index in [0.29, 0.717) is 6.61 Å². The fraction of sp³-hybridized carbons (Fsp3) is 0.500. The van der Waals surface area contributed by atoms with Crippen LogP contribution in [0.15, 0.2) is 30.3 Å². The van der Waals surface area contributed by atoms with Crippen LogP contribution in [0.5, 0.6) is 0 Å². The van der Waals surface area contributed by atoms with E-state index in [2.05, 4.69) is 0 Å². The van der Waals surface area contributed by atoms with E-state index in [0.717, 1.165) is 5.56 Å². The van der Waals surface area contributed by atoms with Crippen molar-refractivity contribution in [2.24, 2.45) is 5.41 Å². The van der Waals surface area contributed by atoms with Gasteiger partial charge in [0.05, 0.1) is 26.4 Å². The molecule has 21 heavy (non-hydrogen) atoms. The molecule has 1 aromatic rings. The van der Waals surface area contributed by atoms with Gasteiger partial charge in [-0.1, -0.05) is 30.3 Å². The summed E-state index contributed by atoms with van der Waals surface area (Å²) in [6.07, 6.45) is 0. The number of carbonyl (C=O) groups is 2. The Kier molecular flexibility index (Phi) is 6.88. The lowest BCUT2D eigenvalue weighted by molar-refractivity contribution is -0.175. The van der Waals surface area contributed by atoms with Crippen LogP contribution in [0.4, 0.5) is 0 Å². The quantitative estimate of drug-likeness (QED) is 0.544. The third-order valence-corrected chi connectivity index (χ3v) is 2.95. The van der Waals surface area contributed by atoms with Gasteiger partial charge in [0.25, 0.3) is 0 Å². The van der Waals surface area contributed by atoms with E-state index >= 15 is 0 Å². The molecule has 0 aliphatic carbocycles. The Morgan fingerprint density at radius 2 is 1.52 bits per heavy atom. The number of benzene rings is 1. The maximum atomic E-state index is 12.0. The first kappa shape index (κ1) is 17.2. The molecule has 0 aromatic heterocycles. The van der Waals surface area contributed by atoms with Gasteiger partial charge in [0.15, 0.2) is 5.41 Å². The first-order valence-electron chi connectivity index (χ1n) is 7.00. The fourth-order valence-corrected chi connectivity index (χ4v) is 1.73. The summed E-state index contributed by atoms with van der Waals surface area (Å²) in [7, 11) is 0. The van der Waals surface area contributed by atoms with Crippen molar-refractivity contribution < 1.29 is 23.8 Å². The molecule has 0 N–H and O–H groups in total.